The lowest BCUT2D eigenvalue weighted by Gasteiger charge is -2.15. The smallest absolute Gasteiger partial charge is 0.0526 e. The fourth-order valence-electron chi connectivity index (χ4n) is 0.995. The number of nitrogens with zero attached hydrogens (tertiary/aromatic N) is 1. The highest BCUT2D eigenvalue weighted by molar-refractivity contribution is 7.80. The molecule has 0 aromatic carbocycles. The van der Waals surface area contributed by atoms with Gasteiger partial charge in [-0.3, -0.25) is 4.99 Å². The maximum absolute atomic E-state index is 4.54. The molecule has 1 unspecified atom stereocenters. The van der Waals surface area contributed by atoms with Crippen LogP contribution in [-0.2, 0) is 0 Å². The van der Waals surface area contributed by atoms with Crippen LogP contribution in [0.4, 0.5) is 0 Å². The molecule has 72 valence electrons. The Bertz CT molecular complexity index is 130. The highest BCUT2D eigenvalue weighted by Crippen LogP contribution is 2.11. The van der Waals surface area contributed by atoms with E-state index in [0.717, 1.165) is 12.2 Å². The summed E-state index contributed by atoms with van der Waals surface area (Å²) in [6, 6.07) is 0.463. The second-order valence-electron chi connectivity index (χ2n) is 3.87. The topological polar surface area (TPSA) is 12.4 Å². The predicted molar refractivity (Wildman–Crippen MR) is 60.4 cm³/mol. The van der Waals surface area contributed by atoms with Crippen LogP contribution in [0, 0.1) is 11.8 Å². The Balaban J connectivity index is 3.94. The Hall–Kier alpha value is 0.0200. The van der Waals surface area contributed by atoms with Crippen molar-refractivity contribution in [1.82, 2.24) is 0 Å². The summed E-state index contributed by atoms with van der Waals surface area (Å²) in [5.41, 5.74) is 0. The lowest BCUT2D eigenvalue weighted by atomic mass is 10.0. The van der Waals surface area contributed by atoms with Gasteiger partial charge in [0.25, 0.3) is 0 Å². The van der Waals surface area contributed by atoms with Gasteiger partial charge in [0.05, 0.1) is 6.04 Å². The summed E-state index contributed by atoms with van der Waals surface area (Å²) in [5, 5.41) is 0. The van der Waals surface area contributed by atoms with E-state index in [9.17, 15) is 0 Å². The molecule has 0 aliphatic heterocycles. The number of aliphatic imine (C=N–C) groups is 1. The van der Waals surface area contributed by atoms with Gasteiger partial charge in [-0.05, 0) is 24.0 Å². The lowest BCUT2D eigenvalue weighted by molar-refractivity contribution is 0.486. The largest absolute Gasteiger partial charge is 0.294 e. The SMILES string of the molecule is CC(C)C=NC(CCS)C(C)C. The molecule has 0 aromatic heterocycles. The van der Waals surface area contributed by atoms with E-state index in [1.54, 1.807) is 0 Å². The van der Waals surface area contributed by atoms with E-state index < -0.39 is 0 Å². The van der Waals surface area contributed by atoms with Crippen molar-refractivity contribution in [2.24, 2.45) is 16.8 Å². The summed E-state index contributed by atoms with van der Waals surface area (Å²) >= 11 is 4.23. The van der Waals surface area contributed by atoms with Gasteiger partial charge in [-0.1, -0.05) is 27.7 Å². The lowest BCUT2D eigenvalue weighted by Crippen LogP contribution is -2.14. The minimum atomic E-state index is 0.463. The van der Waals surface area contributed by atoms with Crippen LogP contribution in [0.2, 0.25) is 0 Å². The van der Waals surface area contributed by atoms with Crippen LogP contribution < -0.4 is 0 Å². The van der Waals surface area contributed by atoms with Crippen LogP contribution >= 0.6 is 12.6 Å². The Morgan fingerprint density at radius 1 is 1.25 bits per heavy atom. The fourth-order valence-corrected chi connectivity index (χ4v) is 1.26. The summed E-state index contributed by atoms with van der Waals surface area (Å²) in [5.74, 6) is 2.12. The van der Waals surface area contributed by atoms with Gasteiger partial charge in [0.15, 0.2) is 0 Å². The first-order chi connectivity index (χ1) is 5.57. The second kappa shape index (κ2) is 6.53. The quantitative estimate of drug-likeness (QED) is 0.502. The first kappa shape index (κ1) is 12.0. The molecule has 1 atom stereocenters. The van der Waals surface area contributed by atoms with Crippen LogP contribution in [0.5, 0.6) is 0 Å². The molecule has 0 bridgehead atoms. The first-order valence-corrected chi connectivity index (χ1v) is 5.35. The molecule has 0 radical (unpaired) electrons. The molecule has 0 aliphatic carbocycles. The molecule has 0 aromatic rings. The maximum atomic E-state index is 4.54. The molecular formula is C10H21NS. The highest BCUT2D eigenvalue weighted by Gasteiger charge is 2.09. The molecule has 0 fully saturated rings. The molecule has 0 heterocycles. The third-order valence-electron chi connectivity index (χ3n) is 1.77. The molecule has 0 N–H and O–H groups in total. The summed E-state index contributed by atoms with van der Waals surface area (Å²) in [6.07, 6.45) is 3.14. The summed E-state index contributed by atoms with van der Waals surface area (Å²) < 4.78 is 0. The minimum Gasteiger partial charge on any atom is -0.294 e. The van der Waals surface area contributed by atoms with Crippen molar-refractivity contribution in [1.29, 1.82) is 0 Å². The van der Waals surface area contributed by atoms with Gasteiger partial charge in [0.2, 0.25) is 0 Å². The highest BCUT2D eigenvalue weighted by atomic mass is 32.1. The van der Waals surface area contributed by atoms with Gasteiger partial charge in [0.1, 0.15) is 0 Å². The van der Waals surface area contributed by atoms with E-state index in [1.165, 1.54) is 0 Å². The molecule has 2 heteroatoms. The van der Waals surface area contributed by atoms with Gasteiger partial charge in [0, 0.05) is 6.21 Å². The monoisotopic (exact) mass is 187 g/mol. The normalized spacial score (nSPS) is 14.9. The third kappa shape index (κ3) is 5.64. The fraction of sp³-hybridized carbons (Fsp3) is 0.900. The molecule has 0 rings (SSSR count). The molecule has 1 nitrogen and oxygen atoms in total. The zero-order valence-corrected chi connectivity index (χ0v) is 9.51. The van der Waals surface area contributed by atoms with Crippen LogP contribution in [0.15, 0.2) is 4.99 Å². The van der Waals surface area contributed by atoms with Crippen molar-refractivity contribution < 1.29 is 0 Å². The Morgan fingerprint density at radius 2 is 1.83 bits per heavy atom. The van der Waals surface area contributed by atoms with E-state index in [4.69, 9.17) is 0 Å². The van der Waals surface area contributed by atoms with E-state index in [1.807, 2.05) is 6.21 Å². The second-order valence-corrected chi connectivity index (χ2v) is 4.31. The zero-order valence-electron chi connectivity index (χ0n) is 8.62. The molecule has 0 amide bonds. The van der Waals surface area contributed by atoms with Gasteiger partial charge in [-0.15, -0.1) is 0 Å². The number of rotatable bonds is 5. The molecule has 0 saturated heterocycles. The van der Waals surface area contributed by atoms with Gasteiger partial charge >= 0.3 is 0 Å². The average Bonchev–Trinajstić information content (AvgIpc) is 1.96. The van der Waals surface area contributed by atoms with E-state index in [-0.39, 0.29) is 0 Å². The van der Waals surface area contributed by atoms with Crippen molar-refractivity contribution >= 4 is 18.8 Å². The zero-order chi connectivity index (χ0) is 9.56. The molecular weight excluding hydrogens is 166 g/mol. The Labute approximate surface area is 82.1 Å². The molecule has 0 spiro atoms. The van der Waals surface area contributed by atoms with E-state index in [0.29, 0.717) is 17.9 Å². The van der Waals surface area contributed by atoms with Crippen molar-refractivity contribution in [3.8, 4) is 0 Å². The standard InChI is InChI=1S/C10H21NS/c1-8(2)7-11-10(5-6-12)9(3)4/h7-10,12H,5-6H2,1-4H3. The summed E-state index contributed by atoms with van der Waals surface area (Å²) in [4.78, 5) is 4.54. The predicted octanol–water partition coefficient (Wildman–Crippen LogP) is 3.06. The van der Waals surface area contributed by atoms with Crippen LogP contribution in [-0.4, -0.2) is 18.0 Å². The average molecular weight is 187 g/mol. The third-order valence-corrected chi connectivity index (χ3v) is 2.03. The first-order valence-electron chi connectivity index (χ1n) is 4.72. The van der Waals surface area contributed by atoms with Crippen molar-refractivity contribution in [3.63, 3.8) is 0 Å². The van der Waals surface area contributed by atoms with Crippen molar-refractivity contribution in [2.75, 3.05) is 5.75 Å². The van der Waals surface area contributed by atoms with Crippen molar-refractivity contribution in [3.05, 3.63) is 0 Å². The Morgan fingerprint density at radius 3 is 2.17 bits per heavy atom. The minimum absolute atomic E-state index is 0.463. The molecule has 0 aliphatic rings. The number of hydrogen-bond donors (Lipinski definition) is 1. The van der Waals surface area contributed by atoms with E-state index in [2.05, 4.69) is 45.3 Å². The van der Waals surface area contributed by atoms with Crippen LogP contribution in [0.25, 0.3) is 0 Å². The van der Waals surface area contributed by atoms with Gasteiger partial charge in [-0.2, -0.15) is 12.6 Å². The van der Waals surface area contributed by atoms with Crippen LogP contribution in [0.1, 0.15) is 34.1 Å². The number of hydrogen-bond acceptors (Lipinski definition) is 2. The number of thiol groups is 1. The van der Waals surface area contributed by atoms with Gasteiger partial charge < -0.3 is 0 Å². The summed E-state index contributed by atoms with van der Waals surface area (Å²) in [7, 11) is 0. The molecule has 0 saturated carbocycles. The Kier molecular flexibility index (Phi) is 6.54. The van der Waals surface area contributed by atoms with Gasteiger partial charge in [-0.25, -0.2) is 0 Å². The van der Waals surface area contributed by atoms with Crippen molar-refractivity contribution in [2.45, 2.75) is 40.2 Å². The van der Waals surface area contributed by atoms with Crippen LogP contribution in [0.3, 0.4) is 0 Å². The summed E-state index contributed by atoms with van der Waals surface area (Å²) in [6.45, 7) is 8.74. The molecule has 12 heavy (non-hydrogen) atoms. The van der Waals surface area contributed by atoms with E-state index >= 15 is 0 Å². The maximum Gasteiger partial charge on any atom is 0.0526 e.